The van der Waals surface area contributed by atoms with Crippen LogP contribution in [0.2, 0.25) is 0 Å². The summed E-state index contributed by atoms with van der Waals surface area (Å²) in [6.45, 7) is 5.71. The Labute approximate surface area is 116 Å². The predicted octanol–water partition coefficient (Wildman–Crippen LogP) is 0.0303. The third-order valence-electron chi connectivity index (χ3n) is 2.78. The van der Waals surface area contributed by atoms with E-state index >= 15 is 0 Å². The number of amides is 1. The first-order valence-electron chi connectivity index (χ1n) is 6.34. The van der Waals surface area contributed by atoms with Gasteiger partial charge in [-0.1, -0.05) is 11.3 Å². The van der Waals surface area contributed by atoms with Crippen LogP contribution in [0.3, 0.4) is 0 Å². The number of anilines is 1. The molecule has 0 bridgehead atoms. The minimum Gasteiger partial charge on any atom is -0.374 e. The Morgan fingerprint density at radius 2 is 2.42 bits per heavy atom. The molecule has 2 rings (SSSR count). The number of hydrogen-bond acceptors (Lipinski definition) is 7. The number of aromatic nitrogens is 2. The van der Waals surface area contributed by atoms with Crippen molar-refractivity contribution >= 4 is 22.4 Å². The number of likely N-dealkylation sites (N-methyl/N-ethyl adjacent to an activating group) is 1. The standard InChI is InChI=1S/C11H19N5O2S/c1-3-12-11-15-14-10(19-11)9(17)13-6-8-7-16(2)4-5-18-8/h8H,3-7H2,1-2H3,(H,12,15)(H,13,17). The van der Waals surface area contributed by atoms with Crippen LogP contribution in [0, 0.1) is 0 Å². The number of nitrogens with zero attached hydrogens (tertiary/aromatic N) is 3. The van der Waals surface area contributed by atoms with Crippen molar-refractivity contribution in [1.82, 2.24) is 20.4 Å². The van der Waals surface area contributed by atoms with Gasteiger partial charge in [-0.25, -0.2) is 0 Å². The fraction of sp³-hybridized carbons (Fsp3) is 0.727. The SMILES string of the molecule is CCNc1nnc(C(=O)NCC2CN(C)CCO2)s1. The largest absolute Gasteiger partial charge is 0.374 e. The second-order valence-corrected chi connectivity index (χ2v) is 5.39. The summed E-state index contributed by atoms with van der Waals surface area (Å²) >= 11 is 1.26. The molecule has 8 heteroatoms. The lowest BCUT2D eigenvalue weighted by Crippen LogP contribution is -2.45. The molecule has 7 nitrogen and oxygen atoms in total. The zero-order valence-corrected chi connectivity index (χ0v) is 12.0. The third kappa shape index (κ3) is 4.12. The molecule has 0 spiro atoms. The van der Waals surface area contributed by atoms with Crippen LogP contribution in [0.15, 0.2) is 0 Å². The molecule has 2 N–H and O–H groups in total. The molecule has 1 aliphatic rings. The van der Waals surface area contributed by atoms with E-state index in [4.69, 9.17) is 4.74 Å². The van der Waals surface area contributed by atoms with Gasteiger partial charge in [0.2, 0.25) is 10.1 Å². The van der Waals surface area contributed by atoms with Gasteiger partial charge in [-0.15, -0.1) is 10.2 Å². The lowest BCUT2D eigenvalue weighted by atomic mass is 10.3. The monoisotopic (exact) mass is 285 g/mol. The van der Waals surface area contributed by atoms with Crippen LogP contribution in [0.4, 0.5) is 5.13 Å². The minimum absolute atomic E-state index is 0.0452. The van der Waals surface area contributed by atoms with Crippen LogP contribution < -0.4 is 10.6 Å². The van der Waals surface area contributed by atoms with E-state index in [1.807, 2.05) is 14.0 Å². The highest BCUT2D eigenvalue weighted by atomic mass is 32.1. The number of rotatable bonds is 5. The van der Waals surface area contributed by atoms with E-state index < -0.39 is 0 Å². The van der Waals surface area contributed by atoms with Gasteiger partial charge in [-0.3, -0.25) is 4.79 Å². The predicted molar refractivity (Wildman–Crippen MR) is 73.6 cm³/mol. The molecule has 0 saturated carbocycles. The minimum atomic E-state index is -0.196. The molecule has 1 unspecified atom stereocenters. The van der Waals surface area contributed by atoms with Gasteiger partial charge in [0.25, 0.3) is 5.91 Å². The highest BCUT2D eigenvalue weighted by molar-refractivity contribution is 7.17. The van der Waals surface area contributed by atoms with E-state index in [1.165, 1.54) is 11.3 Å². The molecule has 1 atom stereocenters. The van der Waals surface area contributed by atoms with Gasteiger partial charge in [-0.2, -0.15) is 0 Å². The van der Waals surface area contributed by atoms with Crippen LogP contribution >= 0.6 is 11.3 Å². The van der Waals surface area contributed by atoms with E-state index in [0.717, 1.165) is 19.6 Å². The normalized spacial score (nSPS) is 20.2. The van der Waals surface area contributed by atoms with Crippen molar-refractivity contribution < 1.29 is 9.53 Å². The maximum absolute atomic E-state index is 11.9. The lowest BCUT2D eigenvalue weighted by molar-refractivity contribution is -0.0175. The molecule has 2 heterocycles. The van der Waals surface area contributed by atoms with Crippen molar-refractivity contribution in [3.05, 3.63) is 5.01 Å². The smallest absolute Gasteiger partial charge is 0.282 e. The van der Waals surface area contributed by atoms with Gasteiger partial charge in [-0.05, 0) is 14.0 Å². The number of carbonyl (C=O) groups is 1. The Morgan fingerprint density at radius 1 is 1.58 bits per heavy atom. The second kappa shape index (κ2) is 6.78. The van der Waals surface area contributed by atoms with Crippen molar-refractivity contribution in [3.8, 4) is 0 Å². The summed E-state index contributed by atoms with van der Waals surface area (Å²) < 4.78 is 5.58. The van der Waals surface area contributed by atoms with E-state index in [1.54, 1.807) is 0 Å². The van der Waals surface area contributed by atoms with Crippen molar-refractivity contribution in [1.29, 1.82) is 0 Å². The topological polar surface area (TPSA) is 79.4 Å². The fourth-order valence-electron chi connectivity index (χ4n) is 1.81. The number of ether oxygens (including phenoxy) is 1. The Bertz CT molecular complexity index is 425. The molecular weight excluding hydrogens is 266 g/mol. The quantitative estimate of drug-likeness (QED) is 0.794. The van der Waals surface area contributed by atoms with Gasteiger partial charge in [0, 0.05) is 26.2 Å². The molecule has 0 aliphatic carbocycles. The second-order valence-electron chi connectivity index (χ2n) is 4.41. The first-order valence-corrected chi connectivity index (χ1v) is 7.16. The Kier molecular flexibility index (Phi) is 5.06. The van der Waals surface area contributed by atoms with Crippen LogP contribution in [0.1, 0.15) is 16.7 Å². The van der Waals surface area contributed by atoms with Crippen molar-refractivity contribution in [2.75, 3.05) is 45.2 Å². The van der Waals surface area contributed by atoms with Crippen LogP contribution in [-0.4, -0.2) is 66.9 Å². The van der Waals surface area contributed by atoms with E-state index in [2.05, 4.69) is 25.7 Å². The van der Waals surface area contributed by atoms with Crippen LogP contribution in [0.25, 0.3) is 0 Å². The molecule has 1 aliphatic heterocycles. The summed E-state index contributed by atoms with van der Waals surface area (Å²) in [7, 11) is 2.05. The highest BCUT2D eigenvalue weighted by Crippen LogP contribution is 2.14. The lowest BCUT2D eigenvalue weighted by Gasteiger charge is -2.29. The van der Waals surface area contributed by atoms with E-state index in [-0.39, 0.29) is 12.0 Å². The maximum Gasteiger partial charge on any atom is 0.282 e. The molecule has 1 saturated heterocycles. The molecule has 1 aromatic heterocycles. The first kappa shape index (κ1) is 14.2. The summed E-state index contributed by atoms with van der Waals surface area (Å²) in [4.78, 5) is 14.1. The van der Waals surface area contributed by atoms with Crippen LogP contribution in [0.5, 0.6) is 0 Å². The third-order valence-corrected chi connectivity index (χ3v) is 3.66. The van der Waals surface area contributed by atoms with Crippen molar-refractivity contribution in [2.24, 2.45) is 0 Å². The van der Waals surface area contributed by atoms with Crippen LogP contribution in [-0.2, 0) is 4.74 Å². The molecular formula is C11H19N5O2S. The first-order chi connectivity index (χ1) is 9.19. The van der Waals surface area contributed by atoms with E-state index in [9.17, 15) is 4.79 Å². The average molecular weight is 285 g/mol. The zero-order valence-electron chi connectivity index (χ0n) is 11.2. The number of carbonyl (C=O) groups excluding carboxylic acids is 1. The highest BCUT2D eigenvalue weighted by Gasteiger charge is 2.19. The molecule has 19 heavy (non-hydrogen) atoms. The summed E-state index contributed by atoms with van der Waals surface area (Å²) in [5, 5.41) is 14.7. The summed E-state index contributed by atoms with van der Waals surface area (Å²) in [6, 6.07) is 0. The number of hydrogen-bond donors (Lipinski definition) is 2. The Hall–Kier alpha value is -1.25. The molecule has 1 fully saturated rings. The Morgan fingerprint density at radius 3 is 3.16 bits per heavy atom. The van der Waals surface area contributed by atoms with Gasteiger partial charge >= 0.3 is 0 Å². The van der Waals surface area contributed by atoms with Gasteiger partial charge in [0.1, 0.15) is 0 Å². The van der Waals surface area contributed by atoms with E-state index in [0.29, 0.717) is 23.3 Å². The Balaban J connectivity index is 1.79. The molecule has 106 valence electrons. The molecule has 0 aromatic carbocycles. The molecule has 1 amide bonds. The van der Waals surface area contributed by atoms with Crippen molar-refractivity contribution in [2.45, 2.75) is 13.0 Å². The fourth-order valence-corrected chi connectivity index (χ4v) is 2.54. The van der Waals surface area contributed by atoms with Gasteiger partial charge in [0.15, 0.2) is 0 Å². The van der Waals surface area contributed by atoms with Gasteiger partial charge < -0.3 is 20.3 Å². The summed E-state index contributed by atoms with van der Waals surface area (Å²) in [5.41, 5.74) is 0. The molecule has 1 aromatic rings. The zero-order chi connectivity index (χ0) is 13.7. The van der Waals surface area contributed by atoms with Gasteiger partial charge in [0.05, 0.1) is 12.7 Å². The van der Waals surface area contributed by atoms with Crippen molar-refractivity contribution in [3.63, 3.8) is 0 Å². The average Bonchev–Trinajstić information content (AvgIpc) is 2.85. The maximum atomic E-state index is 11.9. The summed E-state index contributed by atoms with van der Waals surface area (Å²) in [6.07, 6.45) is 0.0452. The summed E-state index contributed by atoms with van der Waals surface area (Å²) in [5.74, 6) is -0.196. The molecule has 0 radical (unpaired) electrons. The number of morpholine rings is 1. The number of nitrogens with one attached hydrogen (secondary N) is 2.